The van der Waals surface area contributed by atoms with Crippen LogP contribution in [-0.2, 0) is 14.8 Å². The number of thiocarbonyl (C=S) groups is 1. The molecule has 0 unspecified atom stereocenters. The highest BCUT2D eigenvalue weighted by atomic mass is 32.2. The fourth-order valence-electron chi connectivity index (χ4n) is 3.16. The van der Waals surface area contributed by atoms with Crippen molar-refractivity contribution in [2.24, 2.45) is 5.10 Å². The standard InChI is InChI=1S/C21H26N4O3S2/c1-15-5-4-6-16(2)20(15)22-21(29)24-23-17(3)18-7-9-19(10-8-18)30(26,27)25-11-13-28-14-12-25/h4-10H,11-14H2,1-3H3,(H2,22,24,29)/b23-17+. The molecule has 1 aliphatic rings. The number of hydrogen-bond donors (Lipinski definition) is 2. The van der Waals surface area contributed by atoms with Gasteiger partial charge in [-0.25, -0.2) is 8.42 Å². The Morgan fingerprint density at radius 3 is 2.27 bits per heavy atom. The zero-order valence-corrected chi connectivity index (χ0v) is 18.9. The van der Waals surface area contributed by atoms with Crippen LogP contribution in [0.2, 0.25) is 0 Å². The number of benzene rings is 2. The van der Waals surface area contributed by atoms with Gasteiger partial charge in [0.25, 0.3) is 0 Å². The quantitative estimate of drug-likeness (QED) is 0.417. The number of nitrogens with zero attached hydrogens (tertiary/aromatic N) is 2. The summed E-state index contributed by atoms with van der Waals surface area (Å²) in [6.45, 7) is 7.45. The maximum Gasteiger partial charge on any atom is 0.243 e. The Balaban J connectivity index is 1.66. The van der Waals surface area contributed by atoms with Gasteiger partial charge in [-0.3, -0.25) is 5.43 Å². The van der Waals surface area contributed by atoms with Crippen molar-refractivity contribution >= 4 is 38.8 Å². The van der Waals surface area contributed by atoms with Crippen LogP contribution in [-0.4, -0.2) is 49.9 Å². The summed E-state index contributed by atoms with van der Waals surface area (Å²) in [6.07, 6.45) is 0. The maximum absolute atomic E-state index is 12.7. The van der Waals surface area contributed by atoms with Crippen LogP contribution < -0.4 is 10.7 Å². The molecule has 0 aromatic heterocycles. The molecule has 1 fully saturated rings. The molecule has 0 atom stereocenters. The third kappa shape index (κ3) is 5.23. The van der Waals surface area contributed by atoms with Crippen molar-refractivity contribution in [3.63, 3.8) is 0 Å². The number of sulfonamides is 1. The molecular weight excluding hydrogens is 420 g/mol. The molecule has 160 valence electrons. The molecule has 0 aliphatic carbocycles. The Bertz CT molecular complexity index is 1020. The molecule has 1 aliphatic heterocycles. The van der Waals surface area contributed by atoms with E-state index < -0.39 is 10.0 Å². The van der Waals surface area contributed by atoms with E-state index in [2.05, 4.69) is 15.8 Å². The van der Waals surface area contributed by atoms with Gasteiger partial charge in [-0.15, -0.1) is 0 Å². The number of anilines is 1. The first kappa shape index (κ1) is 22.4. The number of nitrogens with one attached hydrogen (secondary N) is 2. The number of ether oxygens (including phenoxy) is 1. The van der Waals surface area contributed by atoms with Gasteiger partial charge in [0.2, 0.25) is 10.0 Å². The molecule has 9 heteroatoms. The summed E-state index contributed by atoms with van der Waals surface area (Å²) < 4.78 is 32.1. The number of morpholine rings is 1. The summed E-state index contributed by atoms with van der Waals surface area (Å²) in [4.78, 5) is 0.265. The summed E-state index contributed by atoms with van der Waals surface area (Å²) in [5.41, 5.74) is 7.49. The van der Waals surface area contributed by atoms with Crippen LogP contribution in [0.25, 0.3) is 0 Å². The fourth-order valence-corrected chi connectivity index (χ4v) is 4.71. The molecule has 2 aromatic rings. The smallest absolute Gasteiger partial charge is 0.243 e. The van der Waals surface area contributed by atoms with Crippen LogP contribution in [0, 0.1) is 13.8 Å². The Morgan fingerprint density at radius 1 is 1.07 bits per heavy atom. The topological polar surface area (TPSA) is 83.0 Å². The van der Waals surface area contributed by atoms with E-state index in [1.54, 1.807) is 24.3 Å². The highest BCUT2D eigenvalue weighted by Crippen LogP contribution is 2.20. The number of hydrogen-bond acceptors (Lipinski definition) is 5. The first-order chi connectivity index (χ1) is 14.3. The van der Waals surface area contributed by atoms with Gasteiger partial charge in [0.15, 0.2) is 5.11 Å². The van der Waals surface area contributed by atoms with E-state index in [0.717, 1.165) is 22.4 Å². The van der Waals surface area contributed by atoms with Gasteiger partial charge in [-0.1, -0.05) is 30.3 Å². The van der Waals surface area contributed by atoms with Gasteiger partial charge in [0, 0.05) is 18.8 Å². The van der Waals surface area contributed by atoms with Crippen molar-refractivity contribution in [2.45, 2.75) is 25.7 Å². The third-order valence-electron chi connectivity index (χ3n) is 4.92. The summed E-state index contributed by atoms with van der Waals surface area (Å²) in [6, 6.07) is 12.7. The van der Waals surface area contributed by atoms with E-state index in [-0.39, 0.29) is 4.90 Å². The molecule has 1 heterocycles. The Kier molecular flexibility index (Phi) is 7.19. The summed E-state index contributed by atoms with van der Waals surface area (Å²) >= 11 is 5.34. The molecule has 0 spiro atoms. The first-order valence-corrected chi connectivity index (χ1v) is 11.5. The predicted molar refractivity (Wildman–Crippen MR) is 124 cm³/mol. The van der Waals surface area contributed by atoms with Crippen molar-refractivity contribution in [1.29, 1.82) is 0 Å². The molecule has 0 radical (unpaired) electrons. The highest BCUT2D eigenvalue weighted by Gasteiger charge is 2.26. The SMILES string of the molecule is C/C(=N\NC(=S)Nc1c(C)cccc1C)c1ccc(S(=O)(=O)N2CCOCC2)cc1. The zero-order valence-electron chi connectivity index (χ0n) is 17.3. The van der Waals surface area contributed by atoms with E-state index in [1.807, 2.05) is 39.0 Å². The lowest BCUT2D eigenvalue weighted by molar-refractivity contribution is 0.0730. The van der Waals surface area contributed by atoms with Crippen molar-refractivity contribution in [3.8, 4) is 0 Å². The minimum atomic E-state index is -3.51. The molecule has 2 N–H and O–H groups in total. The van der Waals surface area contributed by atoms with Gasteiger partial charge < -0.3 is 10.1 Å². The summed E-state index contributed by atoms with van der Waals surface area (Å²) in [5, 5.41) is 7.87. The van der Waals surface area contributed by atoms with Gasteiger partial charge >= 0.3 is 0 Å². The van der Waals surface area contributed by atoms with E-state index in [4.69, 9.17) is 17.0 Å². The average Bonchev–Trinajstić information content (AvgIpc) is 2.75. The molecule has 2 aromatic carbocycles. The zero-order chi connectivity index (χ0) is 21.7. The second-order valence-corrected chi connectivity index (χ2v) is 9.42. The lowest BCUT2D eigenvalue weighted by Gasteiger charge is -2.26. The van der Waals surface area contributed by atoms with Crippen LogP contribution in [0.4, 0.5) is 5.69 Å². The van der Waals surface area contributed by atoms with Crippen molar-refractivity contribution < 1.29 is 13.2 Å². The Labute approximate surface area is 183 Å². The van der Waals surface area contributed by atoms with E-state index in [0.29, 0.717) is 37.1 Å². The van der Waals surface area contributed by atoms with Gasteiger partial charge in [-0.05, 0) is 61.8 Å². The van der Waals surface area contributed by atoms with E-state index in [1.165, 1.54) is 4.31 Å². The summed E-state index contributed by atoms with van der Waals surface area (Å²) in [5.74, 6) is 0. The van der Waals surface area contributed by atoms with Crippen LogP contribution in [0.1, 0.15) is 23.6 Å². The molecule has 0 saturated carbocycles. The second kappa shape index (κ2) is 9.65. The van der Waals surface area contributed by atoms with Crippen LogP contribution in [0.15, 0.2) is 52.5 Å². The maximum atomic E-state index is 12.7. The molecule has 3 rings (SSSR count). The molecule has 1 saturated heterocycles. The van der Waals surface area contributed by atoms with Crippen molar-refractivity contribution in [2.75, 3.05) is 31.6 Å². The van der Waals surface area contributed by atoms with E-state index >= 15 is 0 Å². The normalized spacial score (nSPS) is 15.6. The number of para-hydroxylation sites is 1. The van der Waals surface area contributed by atoms with Gasteiger partial charge in [0.05, 0.1) is 23.8 Å². The van der Waals surface area contributed by atoms with Crippen molar-refractivity contribution in [1.82, 2.24) is 9.73 Å². The lowest BCUT2D eigenvalue weighted by Crippen LogP contribution is -2.40. The first-order valence-electron chi connectivity index (χ1n) is 9.65. The minimum Gasteiger partial charge on any atom is -0.379 e. The highest BCUT2D eigenvalue weighted by molar-refractivity contribution is 7.89. The predicted octanol–water partition coefficient (Wildman–Crippen LogP) is 3.03. The Morgan fingerprint density at radius 2 is 1.67 bits per heavy atom. The molecule has 0 amide bonds. The largest absolute Gasteiger partial charge is 0.379 e. The number of rotatable bonds is 5. The minimum absolute atomic E-state index is 0.265. The Hall–Kier alpha value is -2.33. The number of aryl methyl sites for hydroxylation is 2. The lowest BCUT2D eigenvalue weighted by atomic mass is 10.1. The van der Waals surface area contributed by atoms with Crippen LogP contribution in [0.3, 0.4) is 0 Å². The van der Waals surface area contributed by atoms with E-state index in [9.17, 15) is 8.42 Å². The fraction of sp³-hybridized carbons (Fsp3) is 0.333. The molecular formula is C21H26N4O3S2. The average molecular weight is 447 g/mol. The van der Waals surface area contributed by atoms with Gasteiger partial charge in [0.1, 0.15) is 0 Å². The number of hydrazone groups is 1. The second-order valence-electron chi connectivity index (χ2n) is 7.07. The van der Waals surface area contributed by atoms with Crippen LogP contribution >= 0.6 is 12.2 Å². The van der Waals surface area contributed by atoms with Crippen molar-refractivity contribution in [3.05, 3.63) is 59.2 Å². The molecule has 7 nitrogen and oxygen atoms in total. The third-order valence-corrected chi connectivity index (χ3v) is 7.03. The summed E-state index contributed by atoms with van der Waals surface area (Å²) in [7, 11) is -3.51. The van der Waals surface area contributed by atoms with Crippen LogP contribution in [0.5, 0.6) is 0 Å². The monoisotopic (exact) mass is 446 g/mol. The molecule has 0 bridgehead atoms. The molecule has 30 heavy (non-hydrogen) atoms. The van der Waals surface area contributed by atoms with Gasteiger partial charge in [-0.2, -0.15) is 9.41 Å².